The molecular formula is C20H25N3O7S. The molecule has 11 heteroatoms. The molecule has 0 unspecified atom stereocenters. The van der Waals surface area contributed by atoms with Crippen molar-refractivity contribution >= 4 is 21.9 Å². The molecule has 0 amide bonds. The van der Waals surface area contributed by atoms with Crippen LogP contribution in [0.1, 0.15) is 32.3 Å². The largest absolute Gasteiger partial charge is 0.494 e. The summed E-state index contributed by atoms with van der Waals surface area (Å²) in [6, 6.07) is 8.56. The molecule has 168 valence electrons. The maximum absolute atomic E-state index is 12.4. The van der Waals surface area contributed by atoms with Crippen LogP contribution >= 0.6 is 0 Å². The summed E-state index contributed by atoms with van der Waals surface area (Å²) in [6.07, 6.45) is 2.75. The van der Waals surface area contributed by atoms with E-state index in [1.165, 1.54) is 43.5 Å². The SMILES string of the molecule is CCCCOc1c(OC)cc(/C=N/NS(=O)(=O)c2ccc(OCC)cc2)cc1[N+](=O)[O-]. The number of nitro groups is 1. The van der Waals surface area contributed by atoms with Gasteiger partial charge in [-0.2, -0.15) is 13.5 Å². The van der Waals surface area contributed by atoms with E-state index in [1.54, 1.807) is 0 Å². The lowest BCUT2D eigenvalue weighted by molar-refractivity contribution is -0.386. The summed E-state index contributed by atoms with van der Waals surface area (Å²) in [4.78, 5) is 13.0. The van der Waals surface area contributed by atoms with Crippen LogP contribution in [0.4, 0.5) is 5.69 Å². The molecule has 0 atom stereocenters. The summed E-state index contributed by atoms with van der Waals surface area (Å²) in [7, 11) is -2.56. The Morgan fingerprint density at radius 3 is 2.45 bits per heavy atom. The van der Waals surface area contributed by atoms with Gasteiger partial charge in [-0.05, 0) is 43.7 Å². The van der Waals surface area contributed by atoms with Gasteiger partial charge in [0.25, 0.3) is 10.0 Å². The maximum atomic E-state index is 12.4. The van der Waals surface area contributed by atoms with Gasteiger partial charge < -0.3 is 14.2 Å². The normalized spacial score (nSPS) is 11.3. The molecule has 10 nitrogen and oxygen atoms in total. The van der Waals surface area contributed by atoms with Crippen LogP contribution in [0.3, 0.4) is 0 Å². The molecule has 1 N–H and O–H groups in total. The van der Waals surface area contributed by atoms with E-state index in [2.05, 4.69) is 9.93 Å². The first-order valence-corrected chi connectivity index (χ1v) is 11.1. The molecule has 0 radical (unpaired) electrons. The molecule has 31 heavy (non-hydrogen) atoms. The highest BCUT2D eigenvalue weighted by Crippen LogP contribution is 2.38. The minimum absolute atomic E-state index is 0.00339. The Morgan fingerprint density at radius 2 is 1.87 bits per heavy atom. The van der Waals surface area contributed by atoms with Crippen molar-refractivity contribution in [2.75, 3.05) is 20.3 Å². The standard InChI is InChI=1S/C20H25N3O7S/c1-4-6-11-30-20-18(23(24)25)12-15(13-19(20)28-3)14-21-22-31(26,27)17-9-7-16(8-10-17)29-5-2/h7-10,12-14,22H,4-6,11H2,1-3H3/b21-14+. The van der Waals surface area contributed by atoms with Crippen LogP contribution in [0.2, 0.25) is 0 Å². The zero-order chi connectivity index (χ0) is 22.9. The summed E-state index contributed by atoms with van der Waals surface area (Å²) >= 11 is 0. The third kappa shape index (κ3) is 6.57. The molecule has 0 fully saturated rings. The molecule has 0 saturated carbocycles. The summed E-state index contributed by atoms with van der Waals surface area (Å²) in [6.45, 7) is 4.57. The fourth-order valence-electron chi connectivity index (χ4n) is 2.54. The third-order valence-corrected chi connectivity index (χ3v) is 5.29. The summed E-state index contributed by atoms with van der Waals surface area (Å²) in [5, 5.41) is 15.2. The smallest absolute Gasteiger partial charge is 0.315 e. The summed E-state index contributed by atoms with van der Waals surface area (Å²) in [5.41, 5.74) is -0.0351. The highest BCUT2D eigenvalue weighted by Gasteiger charge is 2.22. The number of hydrogen-bond donors (Lipinski definition) is 1. The molecule has 2 aromatic carbocycles. The molecule has 0 bridgehead atoms. The van der Waals surface area contributed by atoms with E-state index in [0.717, 1.165) is 19.1 Å². The first-order chi connectivity index (χ1) is 14.8. The lowest BCUT2D eigenvalue weighted by Gasteiger charge is -2.11. The van der Waals surface area contributed by atoms with Crippen LogP contribution in [-0.4, -0.2) is 39.9 Å². The van der Waals surface area contributed by atoms with Crippen LogP contribution in [0.5, 0.6) is 17.2 Å². The number of sulfonamides is 1. The van der Waals surface area contributed by atoms with Crippen molar-refractivity contribution in [1.29, 1.82) is 0 Å². The van der Waals surface area contributed by atoms with Crippen LogP contribution in [0.25, 0.3) is 0 Å². The zero-order valence-corrected chi connectivity index (χ0v) is 18.3. The monoisotopic (exact) mass is 451 g/mol. The second kappa shape index (κ2) is 11.2. The van der Waals surface area contributed by atoms with Crippen LogP contribution in [0.15, 0.2) is 46.4 Å². The van der Waals surface area contributed by atoms with Crippen molar-refractivity contribution < 1.29 is 27.6 Å². The van der Waals surface area contributed by atoms with Gasteiger partial charge >= 0.3 is 5.69 Å². The first kappa shape index (κ1) is 23.9. The van der Waals surface area contributed by atoms with Crippen LogP contribution in [-0.2, 0) is 10.0 Å². The Bertz CT molecular complexity index is 1020. The van der Waals surface area contributed by atoms with E-state index in [1.807, 2.05) is 13.8 Å². The van der Waals surface area contributed by atoms with Crippen molar-refractivity contribution in [3.63, 3.8) is 0 Å². The Labute approximate surface area is 181 Å². The van der Waals surface area contributed by atoms with Crippen molar-refractivity contribution in [3.8, 4) is 17.2 Å². The number of methoxy groups -OCH3 is 1. The molecule has 0 saturated heterocycles. The van der Waals surface area contributed by atoms with E-state index in [-0.39, 0.29) is 27.6 Å². The van der Waals surface area contributed by atoms with Gasteiger partial charge in [0.1, 0.15) is 5.75 Å². The summed E-state index contributed by atoms with van der Waals surface area (Å²) < 4.78 is 40.8. The number of nitro benzene ring substituents is 1. The summed E-state index contributed by atoms with van der Waals surface area (Å²) in [5.74, 6) is 0.722. The highest BCUT2D eigenvalue weighted by atomic mass is 32.2. The van der Waals surface area contributed by atoms with Gasteiger partial charge in [-0.15, -0.1) is 0 Å². The lowest BCUT2D eigenvalue weighted by Crippen LogP contribution is -2.18. The third-order valence-electron chi connectivity index (χ3n) is 4.05. The number of rotatable bonds is 12. The Balaban J connectivity index is 2.22. The number of ether oxygens (including phenoxy) is 3. The van der Waals surface area contributed by atoms with Crippen molar-refractivity contribution in [2.24, 2.45) is 5.10 Å². The maximum Gasteiger partial charge on any atom is 0.315 e. The molecule has 0 heterocycles. The van der Waals surface area contributed by atoms with Gasteiger partial charge in [-0.1, -0.05) is 13.3 Å². The van der Waals surface area contributed by atoms with E-state index < -0.39 is 14.9 Å². The van der Waals surface area contributed by atoms with Gasteiger partial charge in [0.2, 0.25) is 5.75 Å². The van der Waals surface area contributed by atoms with Crippen molar-refractivity contribution in [2.45, 2.75) is 31.6 Å². The number of hydrazone groups is 1. The van der Waals surface area contributed by atoms with E-state index in [9.17, 15) is 18.5 Å². The number of benzene rings is 2. The van der Waals surface area contributed by atoms with E-state index in [4.69, 9.17) is 14.2 Å². The predicted octanol–water partition coefficient (Wildman–Crippen LogP) is 3.49. The second-order valence-electron chi connectivity index (χ2n) is 6.29. The minimum Gasteiger partial charge on any atom is -0.494 e. The number of nitrogens with one attached hydrogen (secondary N) is 1. The molecule has 0 aliphatic rings. The van der Waals surface area contributed by atoms with Crippen LogP contribution < -0.4 is 19.0 Å². The fourth-order valence-corrected chi connectivity index (χ4v) is 3.33. The molecule has 0 aliphatic carbocycles. The van der Waals surface area contributed by atoms with Gasteiger partial charge in [0.15, 0.2) is 5.75 Å². The predicted molar refractivity (Wildman–Crippen MR) is 116 cm³/mol. The minimum atomic E-state index is -3.92. The Kier molecular flexibility index (Phi) is 8.62. The highest BCUT2D eigenvalue weighted by molar-refractivity contribution is 7.89. The first-order valence-electron chi connectivity index (χ1n) is 9.59. The zero-order valence-electron chi connectivity index (χ0n) is 17.5. The number of unbranched alkanes of at least 4 members (excludes halogenated alkanes) is 1. The average Bonchev–Trinajstić information content (AvgIpc) is 2.74. The molecule has 2 rings (SSSR count). The Morgan fingerprint density at radius 1 is 1.16 bits per heavy atom. The molecular weight excluding hydrogens is 426 g/mol. The van der Waals surface area contributed by atoms with Gasteiger partial charge in [0, 0.05) is 11.6 Å². The van der Waals surface area contributed by atoms with E-state index >= 15 is 0 Å². The molecule has 2 aromatic rings. The topological polar surface area (TPSA) is 129 Å². The molecule has 0 spiro atoms. The Hall–Kier alpha value is -3.34. The van der Waals surface area contributed by atoms with Crippen molar-refractivity contribution in [3.05, 3.63) is 52.1 Å². The average molecular weight is 452 g/mol. The molecule has 0 aliphatic heterocycles. The number of hydrogen-bond acceptors (Lipinski definition) is 8. The van der Waals surface area contributed by atoms with Crippen LogP contribution in [0, 0.1) is 10.1 Å². The molecule has 0 aromatic heterocycles. The van der Waals surface area contributed by atoms with Gasteiger partial charge in [-0.25, -0.2) is 4.83 Å². The quantitative estimate of drug-likeness (QED) is 0.226. The van der Waals surface area contributed by atoms with Gasteiger partial charge in [-0.3, -0.25) is 10.1 Å². The van der Waals surface area contributed by atoms with Crippen molar-refractivity contribution in [1.82, 2.24) is 4.83 Å². The van der Waals surface area contributed by atoms with Gasteiger partial charge in [0.05, 0.1) is 36.4 Å². The number of nitrogens with zero attached hydrogens (tertiary/aromatic N) is 2. The van der Waals surface area contributed by atoms with E-state index in [0.29, 0.717) is 19.0 Å². The lowest BCUT2D eigenvalue weighted by atomic mass is 10.2. The fraction of sp³-hybridized carbons (Fsp3) is 0.350. The second-order valence-corrected chi connectivity index (χ2v) is 7.95.